The molecule has 0 radical (unpaired) electrons. The van der Waals surface area contributed by atoms with Crippen LogP contribution in [0.15, 0.2) is 35.2 Å². The third-order valence-corrected chi connectivity index (χ3v) is 4.98. The van der Waals surface area contributed by atoms with Crippen LogP contribution in [-0.4, -0.2) is 15.0 Å². The monoisotopic (exact) mass is 300 g/mol. The summed E-state index contributed by atoms with van der Waals surface area (Å²) in [5, 5.41) is 0.358. The van der Waals surface area contributed by atoms with Gasteiger partial charge in [-0.3, -0.25) is 0 Å². The number of nitrogens with two attached hydrogens (primary N) is 1. The molecule has 1 unspecified atom stereocenters. The molecule has 0 saturated carbocycles. The van der Waals surface area contributed by atoms with E-state index in [1.165, 1.54) is 18.2 Å². The zero-order valence-corrected chi connectivity index (χ0v) is 12.0. The first-order valence-corrected chi connectivity index (χ1v) is 8.05. The molecular formula is C13H17ClN2O2S. The van der Waals surface area contributed by atoms with E-state index in [9.17, 15) is 8.42 Å². The molecule has 1 aliphatic rings. The number of benzene rings is 1. The first-order chi connectivity index (χ1) is 8.99. The Morgan fingerprint density at radius 2 is 2.16 bits per heavy atom. The molecule has 0 bridgehead atoms. The second-order valence-corrected chi connectivity index (χ2v) is 6.86. The zero-order chi connectivity index (χ0) is 13.9. The van der Waals surface area contributed by atoms with Crippen LogP contribution < -0.4 is 10.5 Å². The van der Waals surface area contributed by atoms with Crippen molar-refractivity contribution >= 4 is 27.3 Å². The highest BCUT2D eigenvalue weighted by molar-refractivity contribution is 7.89. The third-order valence-electron chi connectivity index (χ3n) is 3.22. The van der Waals surface area contributed by atoms with Crippen LogP contribution in [0.1, 0.15) is 19.3 Å². The Bertz CT molecular complexity index is 584. The summed E-state index contributed by atoms with van der Waals surface area (Å²) in [5.74, 6) is 0.365. The van der Waals surface area contributed by atoms with Crippen LogP contribution in [0.3, 0.4) is 0 Å². The van der Waals surface area contributed by atoms with Crippen LogP contribution >= 0.6 is 11.6 Å². The fraction of sp³-hybridized carbons (Fsp3) is 0.385. The van der Waals surface area contributed by atoms with Crippen LogP contribution in [0.25, 0.3) is 0 Å². The standard InChI is InChI=1S/C13H17ClN2O2S/c14-12-7-6-11(8-13(12)15)19(17,18)16-9-10-4-2-1-3-5-10/h1-2,6-8,10,16H,3-5,9,15H2. The normalized spacial score (nSPS) is 19.5. The van der Waals surface area contributed by atoms with Gasteiger partial charge in [0.05, 0.1) is 15.6 Å². The summed E-state index contributed by atoms with van der Waals surface area (Å²) in [6.07, 6.45) is 7.18. The van der Waals surface area contributed by atoms with Crippen LogP contribution in [0.2, 0.25) is 5.02 Å². The van der Waals surface area contributed by atoms with E-state index in [1.54, 1.807) is 0 Å². The van der Waals surface area contributed by atoms with E-state index in [0.717, 1.165) is 19.3 Å². The summed E-state index contributed by atoms with van der Waals surface area (Å²) < 4.78 is 26.9. The molecule has 6 heteroatoms. The van der Waals surface area contributed by atoms with Crippen molar-refractivity contribution < 1.29 is 8.42 Å². The summed E-state index contributed by atoms with van der Waals surface area (Å²) >= 11 is 5.78. The minimum Gasteiger partial charge on any atom is -0.397 e. The molecule has 0 fully saturated rings. The van der Waals surface area contributed by atoms with Gasteiger partial charge in [-0.05, 0) is 43.4 Å². The maximum absolute atomic E-state index is 12.1. The maximum Gasteiger partial charge on any atom is 0.240 e. The number of anilines is 1. The van der Waals surface area contributed by atoms with Crippen molar-refractivity contribution in [3.8, 4) is 0 Å². The molecule has 1 aromatic rings. The molecule has 19 heavy (non-hydrogen) atoms. The van der Waals surface area contributed by atoms with Crippen LogP contribution in [0.4, 0.5) is 5.69 Å². The predicted molar refractivity (Wildman–Crippen MR) is 77.5 cm³/mol. The van der Waals surface area contributed by atoms with Crippen LogP contribution in [0.5, 0.6) is 0 Å². The van der Waals surface area contributed by atoms with Gasteiger partial charge in [-0.1, -0.05) is 23.8 Å². The van der Waals surface area contributed by atoms with E-state index in [4.69, 9.17) is 17.3 Å². The Morgan fingerprint density at radius 1 is 1.37 bits per heavy atom. The molecule has 0 saturated heterocycles. The molecule has 3 N–H and O–H groups in total. The smallest absolute Gasteiger partial charge is 0.240 e. The summed E-state index contributed by atoms with van der Waals surface area (Å²) in [4.78, 5) is 0.153. The fourth-order valence-electron chi connectivity index (χ4n) is 2.04. The second-order valence-electron chi connectivity index (χ2n) is 4.69. The molecule has 1 aromatic carbocycles. The summed E-state index contributed by atoms with van der Waals surface area (Å²) in [6.45, 7) is 0.454. The first-order valence-electron chi connectivity index (χ1n) is 6.19. The molecule has 4 nitrogen and oxygen atoms in total. The van der Waals surface area contributed by atoms with Crippen molar-refractivity contribution in [1.82, 2.24) is 4.72 Å². The van der Waals surface area contributed by atoms with Gasteiger partial charge in [-0.2, -0.15) is 0 Å². The minimum absolute atomic E-state index is 0.153. The van der Waals surface area contributed by atoms with Crippen molar-refractivity contribution in [3.05, 3.63) is 35.4 Å². The lowest BCUT2D eigenvalue weighted by Crippen LogP contribution is -2.29. The molecule has 1 atom stereocenters. The summed E-state index contributed by atoms with van der Waals surface area (Å²) in [5.41, 5.74) is 5.89. The number of sulfonamides is 1. The predicted octanol–water partition coefficient (Wildman–Crippen LogP) is 2.56. The zero-order valence-electron chi connectivity index (χ0n) is 10.5. The van der Waals surface area contributed by atoms with Gasteiger partial charge in [0.25, 0.3) is 0 Å². The van der Waals surface area contributed by atoms with Crippen molar-refractivity contribution in [2.45, 2.75) is 24.2 Å². The Kier molecular flexibility index (Phi) is 4.50. The highest BCUT2D eigenvalue weighted by atomic mass is 35.5. The largest absolute Gasteiger partial charge is 0.397 e. The van der Waals surface area contributed by atoms with Gasteiger partial charge in [-0.25, -0.2) is 13.1 Å². The molecule has 0 aromatic heterocycles. The molecular weight excluding hydrogens is 284 g/mol. The topological polar surface area (TPSA) is 72.2 Å². The van der Waals surface area contributed by atoms with Gasteiger partial charge in [0.2, 0.25) is 10.0 Å². The molecule has 0 spiro atoms. The lowest BCUT2D eigenvalue weighted by Gasteiger charge is -2.18. The van der Waals surface area contributed by atoms with Gasteiger partial charge >= 0.3 is 0 Å². The number of hydrogen-bond donors (Lipinski definition) is 2. The van der Waals surface area contributed by atoms with Crippen LogP contribution in [-0.2, 0) is 10.0 Å². The highest BCUT2D eigenvalue weighted by Gasteiger charge is 2.18. The van der Waals surface area contributed by atoms with Gasteiger partial charge in [0, 0.05) is 6.54 Å². The Hall–Kier alpha value is -1.04. The lowest BCUT2D eigenvalue weighted by atomic mass is 9.95. The van der Waals surface area contributed by atoms with E-state index in [1.807, 2.05) is 0 Å². The number of hydrogen-bond acceptors (Lipinski definition) is 3. The molecule has 1 aliphatic carbocycles. The average molecular weight is 301 g/mol. The van der Waals surface area contributed by atoms with Crippen molar-refractivity contribution in [2.75, 3.05) is 12.3 Å². The van der Waals surface area contributed by atoms with Crippen molar-refractivity contribution in [2.24, 2.45) is 5.92 Å². The number of nitrogen functional groups attached to an aromatic ring is 1. The fourth-order valence-corrected chi connectivity index (χ4v) is 3.31. The van der Waals surface area contributed by atoms with E-state index in [-0.39, 0.29) is 10.6 Å². The molecule has 0 heterocycles. The Balaban J connectivity index is 2.05. The van der Waals surface area contributed by atoms with E-state index in [2.05, 4.69) is 16.9 Å². The van der Waals surface area contributed by atoms with Crippen molar-refractivity contribution in [3.63, 3.8) is 0 Å². The van der Waals surface area contributed by atoms with Gasteiger partial charge in [0.1, 0.15) is 0 Å². The van der Waals surface area contributed by atoms with Gasteiger partial charge < -0.3 is 5.73 Å². The molecule has 2 rings (SSSR count). The third kappa shape index (κ3) is 3.72. The summed E-state index contributed by atoms with van der Waals surface area (Å²) in [7, 11) is -3.51. The highest BCUT2D eigenvalue weighted by Crippen LogP contribution is 2.23. The van der Waals surface area contributed by atoms with Gasteiger partial charge in [-0.15, -0.1) is 0 Å². The number of rotatable bonds is 4. The Labute approximate surface area is 118 Å². The molecule has 0 aliphatic heterocycles. The SMILES string of the molecule is Nc1cc(S(=O)(=O)NCC2CC=CCC2)ccc1Cl. The quantitative estimate of drug-likeness (QED) is 0.663. The number of halogens is 1. The second kappa shape index (κ2) is 5.94. The molecule has 0 amide bonds. The minimum atomic E-state index is -3.51. The van der Waals surface area contributed by atoms with Crippen molar-refractivity contribution in [1.29, 1.82) is 0 Å². The van der Waals surface area contributed by atoms with Gasteiger partial charge in [0.15, 0.2) is 0 Å². The average Bonchev–Trinajstić information content (AvgIpc) is 2.41. The van der Waals surface area contributed by atoms with E-state index in [0.29, 0.717) is 17.5 Å². The Morgan fingerprint density at radius 3 is 2.79 bits per heavy atom. The summed E-state index contributed by atoms with van der Waals surface area (Å²) in [6, 6.07) is 4.34. The van der Waals surface area contributed by atoms with E-state index < -0.39 is 10.0 Å². The molecule has 104 valence electrons. The lowest BCUT2D eigenvalue weighted by molar-refractivity contribution is 0.468. The van der Waals surface area contributed by atoms with E-state index >= 15 is 0 Å². The number of allylic oxidation sites excluding steroid dienone is 2. The number of nitrogens with one attached hydrogen (secondary N) is 1. The first kappa shape index (κ1) is 14.4. The maximum atomic E-state index is 12.1. The van der Waals surface area contributed by atoms with Crippen LogP contribution in [0, 0.1) is 5.92 Å².